The number of carbonyl (C=O) groups excluding carboxylic acids is 1. The summed E-state index contributed by atoms with van der Waals surface area (Å²) in [6.07, 6.45) is 0.446. The molecule has 0 saturated carbocycles. The Kier molecular flexibility index (Phi) is 5.55. The quantitative estimate of drug-likeness (QED) is 0.833. The van der Waals surface area contributed by atoms with Gasteiger partial charge in [0.1, 0.15) is 11.8 Å². The number of rotatable bonds is 6. The van der Waals surface area contributed by atoms with E-state index in [4.69, 9.17) is 15.2 Å². The number of nitrogens with two attached hydrogens (primary N) is 1. The first-order chi connectivity index (χ1) is 10.7. The summed E-state index contributed by atoms with van der Waals surface area (Å²) in [5, 5.41) is 0. The van der Waals surface area contributed by atoms with Gasteiger partial charge < -0.3 is 15.2 Å². The van der Waals surface area contributed by atoms with Crippen molar-refractivity contribution in [1.82, 2.24) is 0 Å². The van der Waals surface area contributed by atoms with Gasteiger partial charge in [0.05, 0.1) is 13.7 Å². The molecule has 22 heavy (non-hydrogen) atoms. The van der Waals surface area contributed by atoms with Crippen LogP contribution in [0.4, 0.5) is 0 Å². The highest BCUT2D eigenvalue weighted by Gasteiger charge is 2.15. The van der Waals surface area contributed by atoms with E-state index >= 15 is 0 Å². The van der Waals surface area contributed by atoms with Crippen molar-refractivity contribution in [3.63, 3.8) is 0 Å². The number of methoxy groups -OCH3 is 1. The van der Waals surface area contributed by atoms with Crippen LogP contribution >= 0.6 is 0 Å². The molecule has 0 aliphatic rings. The number of para-hydroxylation sites is 1. The van der Waals surface area contributed by atoms with Gasteiger partial charge in [-0.05, 0) is 30.5 Å². The number of benzene rings is 2. The van der Waals surface area contributed by atoms with Crippen LogP contribution in [-0.4, -0.2) is 25.7 Å². The standard InChI is InChI=1S/C18H21NO3/c1-3-22-18(20)16(19)12-13-7-6-8-14(11-13)15-9-4-5-10-17(15)21-2/h4-11,16H,3,12,19H2,1-2H3/t16-/m1/s1. The van der Waals surface area contributed by atoms with Crippen molar-refractivity contribution in [2.24, 2.45) is 5.73 Å². The second-order valence-electron chi connectivity index (χ2n) is 4.96. The van der Waals surface area contributed by atoms with Gasteiger partial charge in [0.15, 0.2) is 0 Å². The molecule has 0 aliphatic heterocycles. The van der Waals surface area contributed by atoms with Crippen LogP contribution in [0.1, 0.15) is 12.5 Å². The number of hydrogen-bond acceptors (Lipinski definition) is 4. The van der Waals surface area contributed by atoms with Gasteiger partial charge >= 0.3 is 5.97 Å². The molecule has 0 saturated heterocycles. The third kappa shape index (κ3) is 3.86. The highest BCUT2D eigenvalue weighted by Crippen LogP contribution is 2.30. The van der Waals surface area contributed by atoms with Gasteiger partial charge in [-0.3, -0.25) is 4.79 Å². The Bertz CT molecular complexity index is 640. The summed E-state index contributed by atoms with van der Waals surface area (Å²) in [6.45, 7) is 2.11. The largest absolute Gasteiger partial charge is 0.496 e. The molecule has 4 nitrogen and oxygen atoms in total. The third-order valence-corrected chi connectivity index (χ3v) is 3.39. The molecule has 0 bridgehead atoms. The molecule has 2 rings (SSSR count). The van der Waals surface area contributed by atoms with Crippen molar-refractivity contribution in [3.05, 3.63) is 54.1 Å². The van der Waals surface area contributed by atoms with Crippen molar-refractivity contribution < 1.29 is 14.3 Å². The zero-order valence-corrected chi connectivity index (χ0v) is 12.9. The number of carbonyl (C=O) groups is 1. The monoisotopic (exact) mass is 299 g/mol. The topological polar surface area (TPSA) is 61.5 Å². The highest BCUT2D eigenvalue weighted by atomic mass is 16.5. The summed E-state index contributed by atoms with van der Waals surface area (Å²) in [5.41, 5.74) is 8.91. The maximum Gasteiger partial charge on any atom is 0.323 e. The molecule has 0 aromatic heterocycles. The molecule has 1 atom stereocenters. The average molecular weight is 299 g/mol. The van der Waals surface area contributed by atoms with Crippen LogP contribution in [0.15, 0.2) is 48.5 Å². The molecule has 4 heteroatoms. The summed E-state index contributed by atoms with van der Waals surface area (Å²) >= 11 is 0. The molecule has 2 aromatic rings. The lowest BCUT2D eigenvalue weighted by Crippen LogP contribution is -2.34. The van der Waals surface area contributed by atoms with Crippen LogP contribution in [-0.2, 0) is 16.0 Å². The SMILES string of the molecule is CCOC(=O)[C@H](N)Cc1cccc(-c2ccccc2OC)c1. The molecule has 2 aromatic carbocycles. The summed E-state index contributed by atoms with van der Waals surface area (Å²) in [4.78, 5) is 11.6. The van der Waals surface area contributed by atoms with Crippen LogP contribution in [0.2, 0.25) is 0 Å². The van der Waals surface area contributed by atoms with Gasteiger partial charge in [0.25, 0.3) is 0 Å². The predicted octanol–water partition coefficient (Wildman–Crippen LogP) is 2.80. The Morgan fingerprint density at radius 2 is 1.95 bits per heavy atom. The van der Waals surface area contributed by atoms with Crippen LogP contribution < -0.4 is 10.5 Å². The Labute approximate surface area is 130 Å². The zero-order valence-electron chi connectivity index (χ0n) is 12.9. The Balaban J connectivity index is 2.22. The van der Waals surface area contributed by atoms with E-state index in [2.05, 4.69) is 0 Å². The van der Waals surface area contributed by atoms with Crippen molar-refractivity contribution in [2.75, 3.05) is 13.7 Å². The molecule has 0 fully saturated rings. The maximum absolute atomic E-state index is 11.6. The number of hydrogen-bond donors (Lipinski definition) is 1. The second-order valence-corrected chi connectivity index (χ2v) is 4.96. The lowest BCUT2D eigenvalue weighted by molar-refractivity contribution is -0.144. The summed E-state index contributed by atoms with van der Waals surface area (Å²) < 4.78 is 10.3. The van der Waals surface area contributed by atoms with Crippen LogP contribution in [0, 0.1) is 0 Å². The van der Waals surface area contributed by atoms with E-state index in [0.29, 0.717) is 13.0 Å². The normalized spacial score (nSPS) is 11.8. The second kappa shape index (κ2) is 7.61. The molecule has 0 aliphatic carbocycles. The fraction of sp³-hybridized carbons (Fsp3) is 0.278. The van der Waals surface area contributed by atoms with Crippen LogP contribution in [0.3, 0.4) is 0 Å². The summed E-state index contributed by atoms with van der Waals surface area (Å²) in [6, 6.07) is 15.1. The number of esters is 1. The molecule has 0 heterocycles. The summed E-state index contributed by atoms with van der Waals surface area (Å²) in [7, 11) is 1.65. The van der Waals surface area contributed by atoms with E-state index in [9.17, 15) is 4.79 Å². The zero-order chi connectivity index (χ0) is 15.9. The van der Waals surface area contributed by atoms with E-state index in [1.54, 1.807) is 14.0 Å². The van der Waals surface area contributed by atoms with E-state index in [1.807, 2.05) is 48.5 Å². The van der Waals surface area contributed by atoms with Gasteiger partial charge in [0.2, 0.25) is 0 Å². The highest BCUT2D eigenvalue weighted by molar-refractivity contribution is 5.76. The van der Waals surface area contributed by atoms with E-state index in [0.717, 1.165) is 22.4 Å². The molecule has 0 unspecified atom stereocenters. The van der Waals surface area contributed by atoms with Crippen molar-refractivity contribution >= 4 is 5.97 Å². The summed E-state index contributed by atoms with van der Waals surface area (Å²) in [5.74, 6) is 0.444. The van der Waals surface area contributed by atoms with Crippen LogP contribution in [0.5, 0.6) is 5.75 Å². The van der Waals surface area contributed by atoms with Crippen LogP contribution in [0.25, 0.3) is 11.1 Å². The number of ether oxygens (including phenoxy) is 2. The third-order valence-electron chi connectivity index (χ3n) is 3.39. The van der Waals surface area contributed by atoms with Gasteiger partial charge in [0, 0.05) is 5.56 Å². The lowest BCUT2D eigenvalue weighted by Gasteiger charge is -2.12. The smallest absolute Gasteiger partial charge is 0.323 e. The molecular weight excluding hydrogens is 278 g/mol. The van der Waals surface area contributed by atoms with Gasteiger partial charge in [-0.1, -0.05) is 42.5 Å². The van der Waals surface area contributed by atoms with E-state index in [-0.39, 0.29) is 5.97 Å². The van der Waals surface area contributed by atoms with E-state index < -0.39 is 6.04 Å². The Morgan fingerprint density at radius 1 is 1.18 bits per heavy atom. The maximum atomic E-state index is 11.6. The molecular formula is C18H21NO3. The van der Waals surface area contributed by atoms with Gasteiger partial charge in [-0.25, -0.2) is 0 Å². The first-order valence-corrected chi connectivity index (χ1v) is 7.30. The van der Waals surface area contributed by atoms with Gasteiger partial charge in [-0.15, -0.1) is 0 Å². The van der Waals surface area contributed by atoms with Gasteiger partial charge in [-0.2, -0.15) is 0 Å². The fourth-order valence-electron chi connectivity index (χ4n) is 2.34. The molecule has 0 radical (unpaired) electrons. The van der Waals surface area contributed by atoms with E-state index in [1.165, 1.54) is 0 Å². The minimum Gasteiger partial charge on any atom is -0.496 e. The lowest BCUT2D eigenvalue weighted by atomic mass is 9.99. The fourth-order valence-corrected chi connectivity index (χ4v) is 2.34. The average Bonchev–Trinajstić information content (AvgIpc) is 2.55. The van der Waals surface area contributed by atoms with Crippen molar-refractivity contribution in [2.45, 2.75) is 19.4 Å². The minimum absolute atomic E-state index is 0.341. The minimum atomic E-state index is -0.645. The molecule has 2 N–H and O–H groups in total. The molecule has 0 spiro atoms. The van der Waals surface area contributed by atoms with Crippen molar-refractivity contribution in [3.8, 4) is 16.9 Å². The Morgan fingerprint density at radius 3 is 2.68 bits per heavy atom. The first kappa shape index (κ1) is 16.0. The predicted molar refractivity (Wildman–Crippen MR) is 86.7 cm³/mol. The Hall–Kier alpha value is -2.33. The first-order valence-electron chi connectivity index (χ1n) is 7.30. The molecule has 116 valence electrons. The van der Waals surface area contributed by atoms with Crippen molar-refractivity contribution in [1.29, 1.82) is 0 Å². The molecule has 0 amide bonds.